The van der Waals surface area contributed by atoms with Crippen LogP contribution in [-0.4, -0.2) is 32.4 Å². The quantitative estimate of drug-likeness (QED) is 0.895. The van der Waals surface area contributed by atoms with E-state index in [0.29, 0.717) is 5.56 Å². The summed E-state index contributed by atoms with van der Waals surface area (Å²) in [4.78, 5) is 21.8. The number of hydrogen-bond donors (Lipinski definition) is 2. The number of aliphatic hydroxyl groups excluding tert-OH is 1. The summed E-state index contributed by atoms with van der Waals surface area (Å²) >= 11 is 0. The first-order valence-electron chi connectivity index (χ1n) is 6.79. The van der Waals surface area contributed by atoms with Crippen molar-refractivity contribution in [3.8, 4) is 0 Å². The van der Waals surface area contributed by atoms with Crippen LogP contribution in [0.3, 0.4) is 0 Å². The van der Waals surface area contributed by atoms with Crippen LogP contribution in [0.4, 0.5) is 0 Å². The summed E-state index contributed by atoms with van der Waals surface area (Å²) in [6, 6.07) is 7.18. The fraction of sp³-hybridized carbons (Fsp3) is 0.333. The lowest BCUT2D eigenvalue weighted by Crippen LogP contribution is -2.31. The van der Waals surface area contributed by atoms with Gasteiger partial charge in [0.15, 0.2) is 0 Å². The van der Waals surface area contributed by atoms with Crippen molar-refractivity contribution in [1.82, 2.24) is 14.9 Å². The summed E-state index contributed by atoms with van der Waals surface area (Å²) in [5.41, 5.74) is 1.37. The predicted molar refractivity (Wildman–Crippen MR) is 74.0 cm³/mol. The molecule has 2 N–H and O–H groups in total. The highest BCUT2D eigenvalue weighted by atomic mass is 16.3. The number of amides is 1. The van der Waals surface area contributed by atoms with Gasteiger partial charge in [-0.2, -0.15) is 0 Å². The Hall–Kier alpha value is -2.14. The van der Waals surface area contributed by atoms with Gasteiger partial charge in [0.1, 0.15) is 5.82 Å². The Bertz CT molecular complexity index is 595. The second-order valence-electron chi connectivity index (χ2n) is 4.99. The summed E-state index contributed by atoms with van der Waals surface area (Å²) in [7, 11) is 0. The lowest BCUT2D eigenvalue weighted by molar-refractivity contribution is 0.0730. The van der Waals surface area contributed by atoms with Crippen LogP contribution in [0.1, 0.15) is 40.6 Å². The Balaban J connectivity index is 1.85. The second-order valence-corrected chi connectivity index (χ2v) is 4.99. The molecule has 1 amide bonds. The topological polar surface area (TPSA) is 69.2 Å². The first-order valence-corrected chi connectivity index (χ1v) is 6.79. The molecule has 3 rings (SSSR count). The standard InChI is InChI=1S/C15H17N3O2/c19-10-11-3-1-4-12(9-11)15(20)18-8-2-5-13(18)14-16-6-7-17-14/h1,3-4,6-7,9,13,19H,2,5,8,10H2,(H,16,17). The van der Waals surface area contributed by atoms with Crippen LogP contribution < -0.4 is 0 Å². The molecule has 2 aromatic rings. The van der Waals surface area contributed by atoms with Crippen LogP contribution in [0.25, 0.3) is 0 Å². The maximum atomic E-state index is 12.6. The van der Waals surface area contributed by atoms with E-state index in [1.54, 1.807) is 30.6 Å². The van der Waals surface area contributed by atoms with Gasteiger partial charge in [-0.1, -0.05) is 12.1 Å². The fourth-order valence-electron chi connectivity index (χ4n) is 2.72. The number of aromatic amines is 1. The van der Waals surface area contributed by atoms with Gasteiger partial charge >= 0.3 is 0 Å². The minimum Gasteiger partial charge on any atom is -0.392 e. The number of nitrogens with zero attached hydrogens (tertiary/aromatic N) is 2. The van der Waals surface area contributed by atoms with Gasteiger partial charge in [0, 0.05) is 24.5 Å². The van der Waals surface area contributed by atoms with Crippen molar-refractivity contribution < 1.29 is 9.90 Å². The molecule has 5 heteroatoms. The molecule has 0 spiro atoms. The van der Waals surface area contributed by atoms with Gasteiger partial charge in [0.05, 0.1) is 12.6 Å². The third-order valence-corrected chi connectivity index (χ3v) is 3.71. The van der Waals surface area contributed by atoms with Crippen LogP contribution in [0.5, 0.6) is 0 Å². The fourth-order valence-corrected chi connectivity index (χ4v) is 2.72. The van der Waals surface area contributed by atoms with Gasteiger partial charge in [0.2, 0.25) is 0 Å². The highest BCUT2D eigenvalue weighted by Gasteiger charge is 2.32. The van der Waals surface area contributed by atoms with E-state index in [-0.39, 0.29) is 18.6 Å². The van der Waals surface area contributed by atoms with Crippen LogP contribution >= 0.6 is 0 Å². The Kier molecular flexibility index (Phi) is 3.52. The van der Waals surface area contributed by atoms with E-state index in [1.807, 2.05) is 11.0 Å². The number of rotatable bonds is 3. The molecule has 1 aromatic heterocycles. The number of carbonyl (C=O) groups is 1. The lowest BCUT2D eigenvalue weighted by Gasteiger charge is -2.23. The Morgan fingerprint density at radius 2 is 2.40 bits per heavy atom. The molecule has 1 atom stereocenters. The third kappa shape index (κ3) is 2.32. The van der Waals surface area contributed by atoms with Gasteiger partial charge in [-0.05, 0) is 30.5 Å². The summed E-state index contributed by atoms with van der Waals surface area (Å²) in [5.74, 6) is 0.841. The van der Waals surface area contributed by atoms with Gasteiger partial charge in [-0.15, -0.1) is 0 Å². The van der Waals surface area contributed by atoms with Gasteiger partial charge in [-0.3, -0.25) is 4.79 Å². The minimum absolute atomic E-state index is 0.000741. The number of hydrogen-bond acceptors (Lipinski definition) is 3. The van der Waals surface area contributed by atoms with Crippen molar-refractivity contribution in [1.29, 1.82) is 0 Å². The number of carbonyl (C=O) groups excluding carboxylic acids is 1. The summed E-state index contributed by atoms with van der Waals surface area (Å²) in [6.45, 7) is 0.691. The maximum Gasteiger partial charge on any atom is 0.254 e. The van der Waals surface area contributed by atoms with Crippen LogP contribution in [0.15, 0.2) is 36.7 Å². The molecule has 1 aliphatic heterocycles. The molecule has 5 nitrogen and oxygen atoms in total. The molecule has 1 aromatic carbocycles. The largest absolute Gasteiger partial charge is 0.392 e. The Labute approximate surface area is 117 Å². The van der Waals surface area contributed by atoms with Gasteiger partial charge < -0.3 is 15.0 Å². The van der Waals surface area contributed by atoms with Crippen molar-refractivity contribution in [2.24, 2.45) is 0 Å². The number of nitrogens with one attached hydrogen (secondary N) is 1. The van der Waals surface area contributed by atoms with Gasteiger partial charge in [-0.25, -0.2) is 4.98 Å². The Morgan fingerprint density at radius 1 is 1.50 bits per heavy atom. The van der Waals surface area contributed by atoms with E-state index in [0.717, 1.165) is 30.8 Å². The zero-order valence-corrected chi connectivity index (χ0v) is 11.1. The molecule has 20 heavy (non-hydrogen) atoms. The zero-order valence-electron chi connectivity index (χ0n) is 11.1. The molecule has 1 saturated heterocycles. The molecule has 0 aliphatic carbocycles. The molecule has 0 bridgehead atoms. The molecule has 1 fully saturated rings. The van der Waals surface area contributed by atoms with Crippen molar-refractivity contribution >= 4 is 5.91 Å². The Morgan fingerprint density at radius 3 is 3.15 bits per heavy atom. The van der Waals surface area contributed by atoms with Crippen LogP contribution in [-0.2, 0) is 6.61 Å². The van der Waals surface area contributed by atoms with E-state index >= 15 is 0 Å². The number of imidazole rings is 1. The molecular formula is C15H17N3O2. The van der Waals surface area contributed by atoms with Crippen molar-refractivity contribution in [3.63, 3.8) is 0 Å². The molecule has 1 unspecified atom stereocenters. The van der Waals surface area contributed by atoms with E-state index in [4.69, 9.17) is 0 Å². The molecule has 104 valence electrons. The van der Waals surface area contributed by atoms with Crippen molar-refractivity contribution in [2.45, 2.75) is 25.5 Å². The average molecular weight is 271 g/mol. The molecule has 2 heterocycles. The SMILES string of the molecule is O=C(c1cccc(CO)c1)N1CCCC1c1ncc[nH]1. The highest BCUT2D eigenvalue weighted by molar-refractivity contribution is 5.94. The minimum atomic E-state index is -0.0528. The smallest absolute Gasteiger partial charge is 0.254 e. The van der Waals surface area contributed by atoms with Crippen molar-refractivity contribution in [3.05, 3.63) is 53.6 Å². The first kappa shape index (κ1) is 12.9. The molecule has 0 radical (unpaired) electrons. The molecule has 1 aliphatic rings. The molecule has 0 saturated carbocycles. The van der Waals surface area contributed by atoms with E-state index in [2.05, 4.69) is 9.97 Å². The monoisotopic (exact) mass is 271 g/mol. The average Bonchev–Trinajstić information content (AvgIpc) is 3.16. The number of benzene rings is 1. The normalized spacial score (nSPS) is 18.4. The summed E-state index contributed by atoms with van der Waals surface area (Å²) in [6.07, 6.45) is 5.40. The van der Waals surface area contributed by atoms with Crippen LogP contribution in [0, 0.1) is 0 Å². The zero-order chi connectivity index (χ0) is 13.9. The van der Waals surface area contributed by atoms with E-state index in [9.17, 15) is 9.90 Å². The first-order chi connectivity index (χ1) is 9.79. The number of aromatic nitrogens is 2. The lowest BCUT2D eigenvalue weighted by atomic mass is 10.1. The summed E-state index contributed by atoms with van der Waals surface area (Å²) < 4.78 is 0. The maximum absolute atomic E-state index is 12.6. The second kappa shape index (κ2) is 5.46. The van der Waals surface area contributed by atoms with Crippen molar-refractivity contribution in [2.75, 3.05) is 6.54 Å². The van der Waals surface area contributed by atoms with E-state index < -0.39 is 0 Å². The number of likely N-dealkylation sites (tertiary alicyclic amines) is 1. The summed E-state index contributed by atoms with van der Waals surface area (Å²) in [5, 5.41) is 9.17. The highest BCUT2D eigenvalue weighted by Crippen LogP contribution is 2.31. The van der Waals surface area contributed by atoms with Crippen LogP contribution in [0.2, 0.25) is 0 Å². The number of aliphatic hydroxyl groups is 1. The third-order valence-electron chi connectivity index (χ3n) is 3.71. The predicted octanol–water partition coefficient (Wildman–Crippen LogP) is 1.88. The van der Waals surface area contributed by atoms with E-state index in [1.165, 1.54) is 0 Å². The molecular weight excluding hydrogens is 254 g/mol. The van der Waals surface area contributed by atoms with Gasteiger partial charge in [0.25, 0.3) is 5.91 Å². The number of H-pyrrole nitrogens is 1.